The molecule has 90 valence electrons. The van der Waals surface area contributed by atoms with Crippen molar-refractivity contribution in [1.29, 1.82) is 0 Å². The van der Waals surface area contributed by atoms with Gasteiger partial charge in [0.1, 0.15) is 0 Å². The number of aryl methyl sites for hydroxylation is 1. The first-order valence-electron chi connectivity index (χ1n) is 6.03. The van der Waals surface area contributed by atoms with E-state index in [0.717, 1.165) is 18.5 Å². The molecule has 2 N–H and O–H groups in total. The lowest BCUT2D eigenvalue weighted by Gasteiger charge is -2.07. The lowest BCUT2D eigenvalue weighted by molar-refractivity contribution is 0.647. The Hall–Kier alpha value is -1.61. The molecule has 1 heterocycles. The van der Waals surface area contributed by atoms with E-state index in [0.29, 0.717) is 6.54 Å². The predicted octanol–water partition coefficient (Wildman–Crippen LogP) is 2.26. The summed E-state index contributed by atoms with van der Waals surface area (Å²) >= 11 is 0. The Morgan fingerprint density at radius 1 is 1.24 bits per heavy atom. The minimum Gasteiger partial charge on any atom is -0.326 e. The van der Waals surface area contributed by atoms with Gasteiger partial charge >= 0.3 is 0 Å². The molecule has 0 aliphatic carbocycles. The summed E-state index contributed by atoms with van der Waals surface area (Å²) in [6, 6.07) is 8.57. The smallest absolute Gasteiger partial charge is 0.0662 e. The quantitative estimate of drug-likeness (QED) is 0.874. The molecule has 1 aromatic heterocycles. The summed E-state index contributed by atoms with van der Waals surface area (Å²) in [5.74, 6) is 0. The minimum absolute atomic E-state index is 0.567. The molecular weight excluding hydrogens is 210 g/mol. The van der Waals surface area contributed by atoms with Crippen LogP contribution in [-0.4, -0.2) is 9.78 Å². The summed E-state index contributed by atoms with van der Waals surface area (Å²) in [5.41, 5.74) is 10.7. The van der Waals surface area contributed by atoms with Crippen LogP contribution in [0.5, 0.6) is 0 Å². The van der Waals surface area contributed by atoms with Crippen molar-refractivity contribution in [3.63, 3.8) is 0 Å². The van der Waals surface area contributed by atoms with Crippen LogP contribution in [0.25, 0.3) is 0 Å². The SMILES string of the molecule is CCc1c(CN)cnn1Cc1ccc(C)cc1. The molecule has 0 radical (unpaired) electrons. The average molecular weight is 229 g/mol. The first-order chi connectivity index (χ1) is 8.24. The molecule has 3 nitrogen and oxygen atoms in total. The van der Waals surface area contributed by atoms with Crippen LogP contribution >= 0.6 is 0 Å². The number of nitrogens with zero attached hydrogens (tertiary/aromatic N) is 2. The third-order valence-corrected chi connectivity index (χ3v) is 3.04. The number of aromatic nitrogens is 2. The number of hydrogen-bond donors (Lipinski definition) is 1. The lowest BCUT2D eigenvalue weighted by Crippen LogP contribution is -2.08. The first-order valence-corrected chi connectivity index (χ1v) is 6.03. The Kier molecular flexibility index (Phi) is 3.59. The van der Waals surface area contributed by atoms with Crippen LogP contribution < -0.4 is 5.73 Å². The Morgan fingerprint density at radius 2 is 1.94 bits per heavy atom. The summed E-state index contributed by atoms with van der Waals surface area (Å²) in [6.07, 6.45) is 2.85. The van der Waals surface area contributed by atoms with Gasteiger partial charge in [-0.1, -0.05) is 36.8 Å². The van der Waals surface area contributed by atoms with Gasteiger partial charge in [0.05, 0.1) is 12.7 Å². The van der Waals surface area contributed by atoms with Gasteiger partial charge in [-0.3, -0.25) is 4.68 Å². The van der Waals surface area contributed by atoms with Crippen LogP contribution in [0.2, 0.25) is 0 Å². The summed E-state index contributed by atoms with van der Waals surface area (Å²) in [5, 5.41) is 4.41. The molecule has 0 bridgehead atoms. The fraction of sp³-hybridized carbons (Fsp3) is 0.357. The van der Waals surface area contributed by atoms with Gasteiger partial charge in [0, 0.05) is 17.8 Å². The normalized spacial score (nSPS) is 10.8. The third-order valence-electron chi connectivity index (χ3n) is 3.04. The maximum atomic E-state index is 5.70. The molecule has 0 saturated carbocycles. The Balaban J connectivity index is 2.23. The molecular formula is C14H19N3. The topological polar surface area (TPSA) is 43.8 Å². The van der Waals surface area contributed by atoms with Crippen molar-refractivity contribution in [3.05, 3.63) is 52.8 Å². The average Bonchev–Trinajstić information content (AvgIpc) is 2.74. The third kappa shape index (κ3) is 2.56. The van der Waals surface area contributed by atoms with Crippen LogP contribution in [0.3, 0.4) is 0 Å². The van der Waals surface area contributed by atoms with E-state index in [1.807, 2.05) is 10.9 Å². The lowest BCUT2D eigenvalue weighted by atomic mass is 10.1. The highest BCUT2D eigenvalue weighted by atomic mass is 15.3. The van der Waals surface area contributed by atoms with E-state index in [1.54, 1.807) is 0 Å². The van der Waals surface area contributed by atoms with Gasteiger partial charge in [-0.25, -0.2) is 0 Å². The maximum Gasteiger partial charge on any atom is 0.0662 e. The van der Waals surface area contributed by atoms with E-state index in [9.17, 15) is 0 Å². The van der Waals surface area contributed by atoms with Crippen LogP contribution in [0.4, 0.5) is 0 Å². The molecule has 2 aromatic rings. The molecule has 0 saturated heterocycles. The zero-order valence-electron chi connectivity index (χ0n) is 10.5. The molecule has 0 aliphatic heterocycles. The van der Waals surface area contributed by atoms with Crippen LogP contribution in [0.15, 0.2) is 30.5 Å². The van der Waals surface area contributed by atoms with E-state index in [1.165, 1.54) is 16.8 Å². The Labute approximate surface area is 102 Å². The van der Waals surface area contributed by atoms with Crippen molar-refractivity contribution in [2.24, 2.45) is 5.73 Å². The molecule has 3 heteroatoms. The molecule has 0 spiro atoms. The zero-order valence-corrected chi connectivity index (χ0v) is 10.5. The summed E-state index contributed by atoms with van der Waals surface area (Å²) < 4.78 is 2.05. The van der Waals surface area contributed by atoms with Gasteiger partial charge in [-0.15, -0.1) is 0 Å². The van der Waals surface area contributed by atoms with Gasteiger partial charge < -0.3 is 5.73 Å². The van der Waals surface area contributed by atoms with Gasteiger partial charge in [0.15, 0.2) is 0 Å². The second-order valence-corrected chi connectivity index (χ2v) is 4.32. The molecule has 0 aliphatic rings. The summed E-state index contributed by atoms with van der Waals surface area (Å²) in [7, 11) is 0. The van der Waals surface area contributed by atoms with Gasteiger partial charge in [0.2, 0.25) is 0 Å². The van der Waals surface area contributed by atoms with Crippen molar-refractivity contribution in [1.82, 2.24) is 9.78 Å². The first kappa shape index (κ1) is 11.9. The van der Waals surface area contributed by atoms with Crippen LogP contribution in [0.1, 0.15) is 29.3 Å². The summed E-state index contributed by atoms with van der Waals surface area (Å²) in [6.45, 7) is 5.63. The largest absolute Gasteiger partial charge is 0.326 e. The summed E-state index contributed by atoms with van der Waals surface area (Å²) in [4.78, 5) is 0. The van der Waals surface area contributed by atoms with Crippen molar-refractivity contribution in [3.8, 4) is 0 Å². The fourth-order valence-electron chi connectivity index (χ4n) is 2.03. The van der Waals surface area contributed by atoms with Crippen LogP contribution in [-0.2, 0) is 19.5 Å². The maximum absolute atomic E-state index is 5.70. The highest BCUT2D eigenvalue weighted by Crippen LogP contribution is 2.12. The second kappa shape index (κ2) is 5.15. The Bertz CT molecular complexity index is 483. The Morgan fingerprint density at radius 3 is 2.53 bits per heavy atom. The molecule has 0 amide bonds. The molecule has 0 fully saturated rings. The van der Waals surface area contributed by atoms with E-state index in [4.69, 9.17) is 5.73 Å². The van der Waals surface area contributed by atoms with Gasteiger partial charge in [0.25, 0.3) is 0 Å². The number of benzene rings is 1. The molecule has 2 rings (SSSR count). The van der Waals surface area contributed by atoms with Gasteiger partial charge in [-0.05, 0) is 18.9 Å². The van der Waals surface area contributed by atoms with E-state index < -0.39 is 0 Å². The minimum atomic E-state index is 0.567. The van der Waals surface area contributed by atoms with E-state index in [-0.39, 0.29) is 0 Å². The van der Waals surface area contributed by atoms with Gasteiger partial charge in [-0.2, -0.15) is 5.10 Å². The van der Waals surface area contributed by atoms with Crippen LogP contribution in [0, 0.1) is 6.92 Å². The standard InChI is InChI=1S/C14H19N3/c1-3-14-13(8-15)9-16-17(14)10-12-6-4-11(2)5-7-12/h4-7,9H,3,8,10,15H2,1-2H3. The molecule has 0 atom stereocenters. The van der Waals surface area contributed by atoms with Crippen molar-refractivity contribution in [2.75, 3.05) is 0 Å². The monoisotopic (exact) mass is 229 g/mol. The highest BCUT2D eigenvalue weighted by Gasteiger charge is 2.07. The zero-order chi connectivity index (χ0) is 12.3. The fourth-order valence-corrected chi connectivity index (χ4v) is 2.03. The molecule has 0 unspecified atom stereocenters. The predicted molar refractivity (Wildman–Crippen MR) is 69.8 cm³/mol. The second-order valence-electron chi connectivity index (χ2n) is 4.32. The highest BCUT2D eigenvalue weighted by molar-refractivity contribution is 5.23. The van der Waals surface area contributed by atoms with Crippen molar-refractivity contribution in [2.45, 2.75) is 33.4 Å². The number of nitrogens with two attached hydrogens (primary N) is 1. The van der Waals surface area contributed by atoms with Crippen molar-refractivity contribution >= 4 is 0 Å². The molecule has 17 heavy (non-hydrogen) atoms. The molecule has 1 aromatic carbocycles. The van der Waals surface area contributed by atoms with E-state index >= 15 is 0 Å². The van der Waals surface area contributed by atoms with Crippen molar-refractivity contribution < 1.29 is 0 Å². The number of rotatable bonds is 4. The van der Waals surface area contributed by atoms with E-state index in [2.05, 4.69) is 43.2 Å². The number of hydrogen-bond acceptors (Lipinski definition) is 2.